The van der Waals surface area contributed by atoms with Gasteiger partial charge in [-0.1, -0.05) is 41.5 Å². The Hall–Kier alpha value is -1.48. The third kappa shape index (κ3) is 5.07. The first-order valence-electron chi connectivity index (χ1n) is 9.25. The van der Waals surface area contributed by atoms with Gasteiger partial charge in [0, 0.05) is 12.6 Å². The molecule has 1 fully saturated rings. The quantitative estimate of drug-likeness (QED) is 0.702. The summed E-state index contributed by atoms with van der Waals surface area (Å²) in [5.41, 5.74) is -1.09. The average Bonchev–Trinajstić information content (AvgIpc) is 2.87. The van der Waals surface area contributed by atoms with E-state index in [1.165, 1.54) is 10.8 Å². The molecule has 0 radical (unpaired) electrons. The fraction of sp³-hybridized carbons (Fsp3) is 0.789. The van der Waals surface area contributed by atoms with E-state index in [0.717, 1.165) is 0 Å². The Morgan fingerprint density at radius 3 is 2.33 bits per heavy atom. The lowest BCUT2D eigenvalue weighted by atomic mass is 9.74. The number of nitrogens with one attached hydrogen (secondary N) is 1. The summed E-state index contributed by atoms with van der Waals surface area (Å²) in [6, 6.07) is 0. The number of aromatic nitrogens is 2. The molecule has 1 saturated heterocycles. The zero-order valence-corrected chi connectivity index (χ0v) is 17.0. The molecule has 154 valence electrons. The highest BCUT2D eigenvalue weighted by Gasteiger charge is 2.37. The van der Waals surface area contributed by atoms with Crippen LogP contribution in [0.25, 0.3) is 0 Å². The predicted molar refractivity (Wildman–Crippen MR) is 100 cm³/mol. The van der Waals surface area contributed by atoms with Gasteiger partial charge < -0.3 is 19.7 Å². The molecular formula is C19H32N2O6. The molecule has 3 atom stereocenters. The van der Waals surface area contributed by atoms with Gasteiger partial charge in [-0.2, -0.15) is 0 Å². The van der Waals surface area contributed by atoms with Crippen LogP contribution in [-0.4, -0.2) is 44.7 Å². The largest absolute Gasteiger partial charge is 0.394 e. The molecule has 0 amide bonds. The van der Waals surface area contributed by atoms with Gasteiger partial charge in [-0.25, -0.2) is 4.79 Å². The number of hydrogen-bond donors (Lipinski definition) is 3. The Morgan fingerprint density at radius 1 is 1.26 bits per heavy atom. The second-order valence-corrected chi connectivity index (χ2v) is 9.36. The fourth-order valence-corrected chi connectivity index (χ4v) is 3.87. The van der Waals surface area contributed by atoms with Gasteiger partial charge in [0.1, 0.15) is 12.3 Å². The van der Waals surface area contributed by atoms with E-state index < -0.39 is 29.7 Å². The summed E-state index contributed by atoms with van der Waals surface area (Å²) in [5, 5.41) is 19.1. The van der Waals surface area contributed by atoms with E-state index in [-0.39, 0.29) is 36.6 Å². The Labute approximate surface area is 159 Å². The zero-order chi connectivity index (χ0) is 20.6. The summed E-state index contributed by atoms with van der Waals surface area (Å²) in [6.45, 7) is 12.2. The molecule has 0 aromatic carbocycles. The van der Waals surface area contributed by atoms with Gasteiger partial charge in [0.2, 0.25) is 0 Å². The number of H-pyrrole nitrogens is 1. The summed E-state index contributed by atoms with van der Waals surface area (Å²) in [5.74, 6) is 0. The van der Waals surface area contributed by atoms with Crippen molar-refractivity contribution >= 4 is 0 Å². The second-order valence-electron chi connectivity index (χ2n) is 9.36. The normalized spacial score (nSPS) is 24.0. The van der Waals surface area contributed by atoms with E-state index >= 15 is 0 Å². The molecule has 8 nitrogen and oxygen atoms in total. The van der Waals surface area contributed by atoms with Crippen LogP contribution in [0.5, 0.6) is 0 Å². The molecule has 3 N–H and O–H groups in total. The minimum absolute atomic E-state index is 0.0491. The lowest BCUT2D eigenvalue weighted by Gasteiger charge is -2.40. The number of aliphatic hydroxyl groups is 2. The van der Waals surface area contributed by atoms with E-state index in [2.05, 4.69) is 46.5 Å². The molecule has 2 rings (SSSR count). The van der Waals surface area contributed by atoms with E-state index in [4.69, 9.17) is 9.47 Å². The summed E-state index contributed by atoms with van der Waals surface area (Å²) in [4.78, 5) is 26.7. The van der Waals surface area contributed by atoms with Crippen molar-refractivity contribution in [2.75, 3.05) is 6.61 Å². The van der Waals surface area contributed by atoms with E-state index in [0.29, 0.717) is 5.56 Å². The average molecular weight is 384 g/mol. The summed E-state index contributed by atoms with van der Waals surface area (Å²) in [6.07, 6.45) is -0.913. The number of rotatable bonds is 5. The zero-order valence-electron chi connectivity index (χ0n) is 17.0. The molecule has 0 bridgehead atoms. The molecule has 0 aliphatic carbocycles. The third-order valence-electron chi connectivity index (χ3n) is 4.71. The van der Waals surface area contributed by atoms with Crippen molar-refractivity contribution in [1.82, 2.24) is 9.55 Å². The predicted octanol–water partition coefficient (Wildman–Crippen LogP) is 1.15. The van der Waals surface area contributed by atoms with Crippen LogP contribution in [0, 0.1) is 10.8 Å². The van der Waals surface area contributed by atoms with Gasteiger partial charge in [-0.3, -0.25) is 14.3 Å². The Bertz CT molecular complexity index is 741. The van der Waals surface area contributed by atoms with Crippen LogP contribution in [0.15, 0.2) is 15.8 Å². The first-order valence-corrected chi connectivity index (χ1v) is 9.25. The second kappa shape index (κ2) is 7.87. The molecule has 27 heavy (non-hydrogen) atoms. The number of aromatic amines is 1. The van der Waals surface area contributed by atoms with Crippen molar-refractivity contribution in [3.8, 4) is 0 Å². The highest BCUT2D eigenvalue weighted by molar-refractivity contribution is 5.04. The highest BCUT2D eigenvalue weighted by atomic mass is 16.5. The molecule has 8 heteroatoms. The first-order chi connectivity index (χ1) is 12.3. The van der Waals surface area contributed by atoms with Gasteiger partial charge in [0.25, 0.3) is 5.56 Å². The molecule has 1 aliphatic rings. The third-order valence-corrected chi connectivity index (χ3v) is 4.71. The molecule has 1 aromatic heterocycles. The van der Waals surface area contributed by atoms with Crippen LogP contribution < -0.4 is 11.2 Å². The lowest BCUT2D eigenvalue weighted by Crippen LogP contribution is -2.41. The van der Waals surface area contributed by atoms with Gasteiger partial charge >= 0.3 is 5.69 Å². The van der Waals surface area contributed by atoms with Crippen molar-refractivity contribution in [3.63, 3.8) is 0 Å². The minimum Gasteiger partial charge on any atom is -0.394 e. The number of aliphatic hydroxyl groups excluding tert-OH is 2. The van der Waals surface area contributed by atoms with Crippen LogP contribution >= 0.6 is 0 Å². The maximum Gasteiger partial charge on any atom is 0.330 e. The molecule has 0 saturated carbocycles. The Kier molecular flexibility index (Phi) is 6.36. The maximum atomic E-state index is 12.2. The van der Waals surface area contributed by atoms with Crippen molar-refractivity contribution in [2.24, 2.45) is 10.8 Å². The van der Waals surface area contributed by atoms with Crippen LogP contribution in [0.2, 0.25) is 0 Å². The lowest BCUT2D eigenvalue weighted by molar-refractivity contribution is -0.0910. The van der Waals surface area contributed by atoms with Crippen molar-refractivity contribution in [1.29, 1.82) is 0 Å². The van der Waals surface area contributed by atoms with Gasteiger partial charge in [0.15, 0.2) is 0 Å². The molecule has 2 heterocycles. The van der Waals surface area contributed by atoms with E-state index in [1.54, 1.807) is 0 Å². The van der Waals surface area contributed by atoms with Crippen molar-refractivity contribution in [3.05, 3.63) is 32.6 Å². The summed E-state index contributed by atoms with van der Waals surface area (Å²) < 4.78 is 12.9. The summed E-state index contributed by atoms with van der Waals surface area (Å²) >= 11 is 0. The smallest absolute Gasteiger partial charge is 0.330 e. The minimum atomic E-state index is -0.871. The molecule has 0 spiro atoms. The fourth-order valence-electron chi connectivity index (χ4n) is 3.87. The summed E-state index contributed by atoms with van der Waals surface area (Å²) in [7, 11) is 0. The van der Waals surface area contributed by atoms with Crippen molar-refractivity contribution in [2.45, 2.75) is 79.1 Å². The van der Waals surface area contributed by atoms with Crippen LogP contribution in [0.3, 0.4) is 0 Å². The molecule has 0 unspecified atom stereocenters. The van der Waals surface area contributed by atoms with Crippen LogP contribution in [-0.2, 0) is 16.1 Å². The molecular weight excluding hydrogens is 352 g/mol. The maximum absolute atomic E-state index is 12.2. The topological polar surface area (TPSA) is 114 Å². The Balaban J connectivity index is 2.26. The number of ether oxygens (including phenoxy) is 2. The van der Waals surface area contributed by atoms with E-state index in [9.17, 15) is 19.8 Å². The Morgan fingerprint density at radius 2 is 1.85 bits per heavy atom. The number of hydrogen-bond acceptors (Lipinski definition) is 6. The SMILES string of the molecule is CC(C)(C)C(OCc1cn([C@H]2C[C@@H](O)[C@@H](CO)O2)c(=O)[nH]c1=O)C(C)(C)C. The van der Waals surface area contributed by atoms with E-state index in [1.807, 2.05) is 0 Å². The number of nitrogens with zero attached hydrogens (tertiary/aromatic N) is 1. The molecule has 1 aromatic rings. The standard InChI is InChI=1S/C19H32N2O6/c1-18(2,3)16(19(4,5)6)26-10-11-8-21(17(25)20-15(11)24)14-7-12(23)13(9-22)27-14/h8,12-14,16,22-23H,7,9-10H2,1-6H3,(H,20,24,25)/t12-,13-,14-/m1/s1. The van der Waals surface area contributed by atoms with Gasteiger partial charge in [0.05, 0.1) is 31.0 Å². The van der Waals surface area contributed by atoms with Crippen LogP contribution in [0.1, 0.15) is 59.8 Å². The van der Waals surface area contributed by atoms with Gasteiger partial charge in [-0.15, -0.1) is 0 Å². The highest BCUT2D eigenvalue weighted by Crippen LogP contribution is 2.36. The van der Waals surface area contributed by atoms with Crippen LogP contribution in [0.4, 0.5) is 0 Å². The van der Waals surface area contributed by atoms with Gasteiger partial charge in [-0.05, 0) is 10.8 Å². The molecule has 1 aliphatic heterocycles. The van der Waals surface area contributed by atoms with Crippen molar-refractivity contribution < 1.29 is 19.7 Å². The first kappa shape index (κ1) is 21.8. The monoisotopic (exact) mass is 384 g/mol.